The molecule has 1 aliphatic rings. The molecule has 0 aromatic heterocycles. The molecule has 1 fully saturated rings. The second-order valence-corrected chi connectivity index (χ2v) is 3.07. The summed E-state index contributed by atoms with van der Waals surface area (Å²) in [6, 6.07) is 0. The zero-order valence-electron chi connectivity index (χ0n) is 7.70. The molecule has 1 heterocycles. The number of hydrogen-bond acceptors (Lipinski definition) is 5. The molecule has 14 heavy (non-hydrogen) atoms. The van der Waals surface area contributed by atoms with Crippen LogP contribution in [0.3, 0.4) is 0 Å². The van der Waals surface area contributed by atoms with Crippen LogP contribution in [0.4, 0.5) is 0 Å². The highest BCUT2D eigenvalue weighted by molar-refractivity contribution is 4.56. The first kappa shape index (κ1) is 10.4. The molecule has 80 valence electrons. The molecule has 0 saturated carbocycles. The van der Waals surface area contributed by atoms with E-state index in [1.165, 1.54) is 4.90 Å². The van der Waals surface area contributed by atoms with Crippen molar-refractivity contribution in [3.63, 3.8) is 0 Å². The van der Waals surface area contributed by atoms with Crippen LogP contribution in [0, 0.1) is 20.2 Å². The number of nitro groups is 2. The maximum atomic E-state index is 10.4. The normalized spacial score (nSPS) is 19.2. The van der Waals surface area contributed by atoms with Crippen LogP contribution in [-0.4, -0.2) is 58.5 Å². The minimum atomic E-state index is -0.542. The minimum Gasteiger partial charge on any atom is -0.262 e. The largest absolute Gasteiger partial charge is 0.262 e. The third-order valence-electron chi connectivity index (χ3n) is 1.89. The molecule has 0 amide bonds. The highest BCUT2D eigenvalue weighted by Gasteiger charge is 2.27. The van der Waals surface area contributed by atoms with Crippen molar-refractivity contribution < 1.29 is 10.1 Å². The SMILES string of the molecule is CN1CN([N+](=O)[O-])CCN([N+](=O)[O-])C1. The summed E-state index contributed by atoms with van der Waals surface area (Å²) >= 11 is 0. The average Bonchev–Trinajstić information content (AvgIpc) is 2.26. The van der Waals surface area contributed by atoms with Gasteiger partial charge in [0.1, 0.15) is 26.4 Å². The van der Waals surface area contributed by atoms with Gasteiger partial charge in [0, 0.05) is 0 Å². The van der Waals surface area contributed by atoms with Crippen molar-refractivity contribution in [2.45, 2.75) is 0 Å². The Hall–Kier alpha value is -1.64. The molecule has 0 aromatic carbocycles. The predicted octanol–water partition coefficient (Wildman–Crippen LogP) is -1.17. The van der Waals surface area contributed by atoms with Crippen LogP contribution in [0.5, 0.6) is 0 Å². The minimum absolute atomic E-state index is 0.0539. The van der Waals surface area contributed by atoms with E-state index in [4.69, 9.17) is 0 Å². The first-order chi connectivity index (χ1) is 6.50. The first-order valence-corrected chi connectivity index (χ1v) is 3.97. The van der Waals surface area contributed by atoms with Crippen LogP contribution in [-0.2, 0) is 0 Å². The Balaban J connectivity index is 2.62. The van der Waals surface area contributed by atoms with Gasteiger partial charge in [0.05, 0.1) is 0 Å². The fourth-order valence-electron chi connectivity index (χ4n) is 1.24. The summed E-state index contributed by atoms with van der Waals surface area (Å²) in [5.41, 5.74) is 0. The Labute approximate surface area is 79.7 Å². The van der Waals surface area contributed by atoms with Gasteiger partial charge in [-0.05, 0) is 7.05 Å². The monoisotopic (exact) mass is 205 g/mol. The molecule has 0 unspecified atom stereocenters. The molecule has 0 bridgehead atoms. The van der Waals surface area contributed by atoms with Crippen molar-refractivity contribution in [2.24, 2.45) is 0 Å². The quantitative estimate of drug-likeness (QED) is 0.414. The van der Waals surface area contributed by atoms with Gasteiger partial charge in [0.25, 0.3) is 0 Å². The number of rotatable bonds is 2. The highest BCUT2D eigenvalue weighted by atomic mass is 16.7. The molecular formula is C5H11N5O4. The molecule has 1 saturated heterocycles. The standard InChI is InChI=1S/C5H11N5O4/c1-6-4-7(9(11)12)2-3-8(5-6)10(13)14/h2-5H2,1H3. The van der Waals surface area contributed by atoms with E-state index in [9.17, 15) is 20.2 Å². The lowest BCUT2D eigenvalue weighted by Gasteiger charge is -2.16. The first-order valence-electron chi connectivity index (χ1n) is 3.97. The van der Waals surface area contributed by atoms with Crippen molar-refractivity contribution >= 4 is 0 Å². The maximum Gasteiger partial charge on any atom is 0.161 e. The van der Waals surface area contributed by atoms with E-state index in [0.717, 1.165) is 10.0 Å². The maximum absolute atomic E-state index is 10.4. The smallest absolute Gasteiger partial charge is 0.161 e. The fraction of sp³-hybridized carbons (Fsp3) is 1.00. The zero-order valence-corrected chi connectivity index (χ0v) is 7.70. The van der Waals surface area contributed by atoms with Crippen LogP contribution in [0.2, 0.25) is 0 Å². The van der Waals surface area contributed by atoms with E-state index in [1.54, 1.807) is 7.05 Å². The lowest BCUT2D eigenvalue weighted by atomic mass is 10.6. The molecular weight excluding hydrogens is 194 g/mol. The Morgan fingerprint density at radius 2 is 1.36 bits per heavy atom. The summed E-state index contributed by atoms with van der Waals surface area (Å²) in [6.45, 7) is 0.297. The second kappa shape index (κ2) is 4.05. The van der Waals surface area contributed by atoms with Gasteiger partial charge in [-0.15, -0.1) is 10.0 Å². The van der Waals surface area contributed by atoms with Crippen LogP contribution in [0.1, 0.15) is 0 Å². The van der Waals surface area contributed by atoms with Gasteiger partial charge >= 0.3 is 0 Å². The van der Waals surface area contributed by atoms with Gasteiger partial charge in [-0.25, -0.2) is 20.2 Å². The summed E-state index contributed by atoms with van der Waals surface area (Å²) in [7, 11) is 1.60. The zero-order chi connectivity index (χ0) is 10.7. The molecule has 0 radical (unpaired) electrons. The Kier molecular flexibility index (Phi) is 3.02. The molecule has 1 aliphatic heterocycles. The van der Waals surface area contributed by atoms with E-state index in [1.807, 2.05) is 0 Å². The van der Waals surface area contributed by atoms with E-state index in [0.29, 0.717) is 0 Å². The third kappa shape index (κ3) is 2.42. The van der Waals surface area contributed by atoms with Gasteiger partial charge in [-0.2, -0.15) is 0 Å². The summed E-state index contributed by atoms with van der Waals surface area (Å²) < 4.78 is 0. The van der Waals surface area contributed by atoms with Crippen LogP contribution >= 0.6 is 0 Å². The lowest BCUT2D eigenvalue weighted by molar-refractivity contribution is -0.666. The van der Waals surface area contributed by atoms with Crippen molar-refractivity contribution in [2.75, 3.05) is 33.5 Å². The van der Waals surface area contributed by atoms with E-state index in [-0.39, 0.29) is 26.4 Å². The lowest BCUT2D eigenvalue weighted by Crippen LogP contribution is -2.39. The van der Waals surface area contributed by atoms with Crippen LogP contribution in [0.25, 0.3) is 0 Å². The molecule has 0 N–H and O–H groups in total. The van der Waals surface area contributed by atoms with Gasteiger partial charge < -0.3 is 0 Å². The number of nitrogens with zero attached hydrogens (tertiary/aromatic N) is 5. The summed E-state index contributed by atoms with van der Waals surface area (Å²) in [5.74, 6) is 0. The molecule has 9 heteroatoms. The van der Waals surface area contributed by atoms with Gasteiger partial charge in [-0.3, -0.25) is 4.90 Å². The van der Waals surface area contributed by atoms with Gasteiger partial charge in [0.15, 0.2) is 10.1 Å². The van der Waals surface area contributed by atoms with Gasteiger partial charge in [-0.1, -0.05) is 0 Å². The van der Waals surface area contributed by atoms with E-state index < -0.39 is 10.1 Å². The molecule has 0 spiro atoms. The number of hydrogen-bond donors (Lipinski definition) is 0. The topological polar surface area (TPSA) is 96.0 Å². The third-order valence-corrected chi connectivity index (χ3v) is 1.89. The van der Waals surface area contributed by atoms with Crippen LogP contribution < -0.4 is 0 Å². The fourth-order valence-corrected chi connectivity index (χ4v) is 1.24. The average molecular weight is 205 g/mol. The van der Waals surface area contributed by atoms with Crippen molar-refractivity contribution in [3.05, 3.63) is 20.2 Å². The van der Waals surface area contributed by atoms with Crippen LogP contribution in [0.15, 0.2) is 0 Å². The van der Waals surface area contributed by atoms with E-state index in [2.05, 4.69) is 0 Å². The highest BCUT2D eigenvalue weighted by Crippen LogP contribution is 2.02. The molecule has 0 atom stereocenters. The van der Waals surface area contributed by atoms with Gasteiger partial charge in [0.2, 0.25) is 0 Å². The molecule has 9 nitrogen and oxygen atoms in total. The van der Waals surface area contributed by atoms with E-state index >= 15 is 0 Å². The van der Waals surface area contributed by atoms with Crippen molar-refractivity contribution in [3.8, 4) is 0 Å². The number of hydrazine groups is 2. The summed E-state index contributed by atoms with van der Waals surface area (Å²) in [5, 5.41) is 21.7. The van der Waals surface area contributed by atoms with Crippen molar-refractivity contribution in [1.82, 2.24) is 14.9 Å². The Morgan fingerprint density at radius 3 is 1.64 bits per heavy atom. The second-order valence-electron chi connectivity index (χ2n) is 3.07. The molecule has 0 aliphatic carbocycles. The van der Waals surface area contributed by atoms with Crippen molar-refractivity contribution in [1.29, 1.82) is 0 Å². The molecule has 1 rings (SSSR count). The Bertz CT molecular complexity index is 222. The summed E-state index contributed by atoms with van der Waals surface area (Å²) in [6.07, 6.45) is 0. The predicted molar refractivity (Wildman–Crippen MR) is 44.9 cm³/mol. The molecule has 0 aromatic rings. The summed E-state index contributed by atoms with van der Waals surface area (Å²) in [4.78, 5) is 22.4. The Morgan fingerprint density at radius 1 is 1.00 bits per heavy atom.